The van der Waals surface area contributed by atoms with E-state index in [9.17, 15) is 0 Å². The summed E-state index contributed by atoms with van der Waals surface area (Å²) in [4.78, 5) is 0. The lowest BCUT2D eigenvalue weighted by atomic mass is 10.0. The topological polar surface area (TPSA) is 29.9 Å². The van der Waals surface area contributed by atoms with Gasteiger partial charge in [0.1, 0.15) is 0 Å². The summed E-state index contributed by atoms with van der Waals surface area (Å²) in [7, 11) is 0. The Labute approximate surface area is 96.8 Å². The molecule has 4 heteroatoms. The maximum Gasteiger partial charge on any atom is 0.0785 e. The van der Waals surface area contributed by atoms with E-state index in [0.717, 1.165) is 13.0 Å². The Kier molecular flexibility index (Phi) is 4.17. The number of aromatic nitrogens is 2. The van der Waals surface area contributed by atoms with Gasteiger partial charge in [0.15, 0.2) is 0 Å². The Morgan fingerprint density at radius 1 is 1.60 bits per heavy atom. The third-order valence-electron chi connectivity index (χ3n) is 2.78. The van der Waals surface area contributed by atoms with Crippen LogP contribution >= 0.6 is 11.6 Å². The van der Waals surface area contributed by atoms with Crippen LogP contribution in [0.4, 0.5) is 0 Å². The Hall–Kier alpha value is -0.540. The summed E-state index contributed by atoms with van der Waals surface area (Å²) < 4.78 is 1.89. The van der Waals surface area contributed by atoms with Crippen LogP contribution in [0.25, 0.3) is 0 Å². The molecule has 1 aromatic rings. The van der Waals surface area contributed by atoms with Gasteiger partial charge in [-0.2, -0.15) is 5.10 Å². The quantitative estimate of drug-likeness (QED) is 0.842. The molecule has 1 aromatic heterocycles. The van der Waals surface area contributed by atoms with Gasteiger partial charge in [0.25, 0.3) is 0 Å². The largest absolute Gasteiger partial charge is 0.310 e. The second-order valence-electron chi connectivity index (χ2n) is 4.61. The number of rotatable bonds is 5. The molecule has 0 aliphatic heterocycles. The van der Waals surface area contributed by atoms with E-state index in [2.05, 4.69) is 38.1 Å². The first kappa shape index (κ1) is 12.5. The van der Waals surface area contributed by atoms with Crippen molar-refractivity contribution in [1.29, 1.82) is 0 Å². The van der Waals surface area contributed by atoms with Gasteiger partial charge in [0.2, 0.25) is 0 Å². The zero-order valence-corrected chi connectivity index (χ0v) is 10.7. The van der Waals surface area contributed by atoms with Crippen LogP contribution in [0, 0.1) is 0 Å². The highest BCUT2D eigenvalue weighted by molar-refractivity contribution is 6.30. The van der Waals surface area contributed by atoms with Crippen molar-refractivity contribution in [1.82, 2.24) is 15.1 Å². The molecule has 1 heterocycles. The lowest BCUT2D eigenvalue weighted by Gasteiger charge is -2.26. The molecule has 86 valence electrons. The van der Waals surface area contributed by atoms with Crippen LogP contribution in [0.1, 0.15) is 40.2 Å². The summed E-state index contributed by atoms with van der Waals surface area (Å²) in [5.74, 6) is 0. The van der Waals surface area contributed by atoms with E-state index in [0.29, 0.717) is 11.1 Å². The number of hydrogen-bond acceptors (Lipinski definition) is 2. The van der Waals surface area contributed by atoms with E-state index < -0.39 is 0 Å². The van der Waals surface area contributed by atoms with Crippen molar-refractivity contribution in [3.05, 3.63) is 17.4 Å². The van der Waals surface area contributed by atoms with Gasteiger partial charge in [-0.3, -0.25) is 4.68 Å². The first-order valence-electron chi connectivity index (χ1n) is 5.39. The lowest BCUT2D eigenvalue weighted by Crippen LogP contribution is -2.41. The van der Waals surface area contributed by atoms with Crippen molar-refractivity contribution < 1.29 is 0 Å². The van der Waals surface area contributed by atoms with E-state index in [1.165, 1.54) is 0 Å². The molecule has 0 amide bonds. The fraction of sp³-hybridized carbons (Fsp3) is 0.727. The van der Waals surface area contributed by atoms with Crippen molar-refractivity contribution >= 4 is 11.6 Å². The monoisotopic (exact) mass is 229 g/mol. The number of hydrogen-bond donors (Lipinski definition) is 1. The van der Waals surface area contributed by atoms with Crippen molar-refractivity contribution in [2.24, 2.45) is 0 Å². The highest BCUT2D eigenvalue weighted by atomic mass is 35.5. The SMILES string of the molecule is CCC(C)(C)NCC(C)n1cc(Cl)cn1. The predicted octanol–water partition coefficient (Wildman–Crippen LogP) is 2.88. The summed E-state index contributed by atoms with van der Waals surface area (Å²) in [5, 5.41) is 8.39. The zero-order chi connectivity index (χ0) is 11.5. The molecule has 1 N–H and O–H groups in total. The average Bonchev–Trinajstić information content (AvgIpc) is 2.61. The molecule has 0 aromatic carbocycles. The minimum Gasteiger partial charge on any atom is -0.310 e. The zero-order valence-electron chi connectivity index (χ0n) is 9.92. The number of nitrogens with one attached hydrogen (secondary N) is 1. The van der Waals surface area contributed by atoms with Crippen molar-refractivity contribution in [2.75, 3.05) is 6.54 Å². The number of nitrogens with zero attached hydrogens (tertiary/aromatic N) is 2. The molecule has 1 unspecified atom stereocenters. The van der Waals surface area contributed by atoms with Crippen LogP contribution in [0.2, 0.25) is 5.02 Å². The van der Waals surface area contributed by atoms with Gasteiger partial charge in [-0.05, 0) is 27.2 Å². The van der Waals surface area contributed by atoms with Gasteiger partial charge in [0.05, 0.1) is 17.3 Å². The second-order valence-corrected chi connectivity index (χ2v) is 5.04. The highest BCUT2D eigenvalue weighted by Crippen LogP contribution is 2.12. The summed E-state index contributed by atoms with van der Waals surface area (Å²) >= 11 is 5.82. The molecule has 1 rings (SSSR count). The molecule has 0 bridgehead atoms. The van der Waals surface area contributed by atoms with Gasteiger partial charge >= 0.3 is 0 Å². The van der Waals surface area contributed by atoms with E-state index in [1.54, 1.807) is 6.20 Å². The maximum absolute atomic E-state index is 5.82. The fourth-order valence-corrected chi connectivity index (χ4v) is 1.34. The molecule has 0 radical (unpaired) electrons. The normalized spacial score (nSPS) is 14.2. The van der Waals surface area contributed by atoms with Crippen molar-refractivity contribution in [3.8, 4) is 0 Å². The standard InChI is InChI=1S/C11H20ClN3/c1-5-11(3,4)13-6-9(2)15-8-10(12)7-14-15/h7-9,13H,5-6H2,1-4H3. The molecule has 0 aliphatic rings. The molecular weight excluding hydrogens is 210 g/mol. The fourth-order valence-electron chi connectivity index (χ4n) is 1.20. The van der Waals surface area contributed by atoms with Gasteiger partial charge in [-0.15, -0.1) is 0 Å². The minimum atomic E-state index is 0.186. The average molecular weight is 230 g/mol. The van der Waals surface area contributed by atoms with E-state index in [4.69, 9.17) is 11.6 Å². The van der Waals surface area contributed by atoms with Gasteiger partial charge in [0, 0.05) is 18.3 Å². The summed E-state index contributed by atoms with van der Waals surface area (Å²) in [5.41, 5.74) is 0.186. The van der Waals surface area contributed by atoms with Crippen LogP contribution in [0.5, 0.6) is 0 Å². The lowest BCUT2D eigenvalue weighted by molar-refractivity contribution is 0.335. The maximum atomic E-state index is 5.82. The molecule has 0 saturated heterocycles. The smallest absolute Gasteiger partial charge is 0.0785 e. The van der Waals surface area contributed by atoms with E-state index in [1.807, 2.05) is 10.9 Å². The molecule has 0 saturated carbocycles. The molecule has 0 fully saturated rings. The Balaban J connectivity index is 2.46. The number of halogens is 1. The first-order valence-corrected chi connectivity index (χ1v) is 5.77. The summed E-state index contributed by atoms with van der Waals surface area (Å²) in [6.07, 6.45) is 4.63. The van der Waals surface area contributed by atoms with Crippen LogP contribution < -0.4 is 5.32 Å². The van der Waals surface area contributed by atoms with Crippen molar-refractivity contribution in [2.45, 2.75) is 45.7 Å². The molecule has 1 atom stereocenters. The van der Waals surface area contributed by atoms with Crippen LogP contribution in [0.15, 0.2) is 12.4 Å². The first-order chi connectivity index (χ1) is 6.94. The van der Waals surface area contributed by atoms with Crippen molar-refractivity contribution in [3.63, 3.8) is 0 Å². The van der Waals surface area contributed by atoms with Gasteiger partial charge in [-0.25, -0.2) is 0 Å². The predicted molar refractivity (Wildman–Crippen MR) is 64.3 cm³/mol. The van der Waals surface area contributed by atoms with Crippen LogP contribution in [-0.2, 0) is 0 Å². The van der Waals surface area contributed by atoms with Crippen LogP contribution in [-0.4, -0.2) is 21.9 Å². The molecular formula is C11H20ClN3. The molecule has 0 spiro atoms. The minimum absolute atomic E-state index is 0.186. The Morgan fingerprint density at radius 2 is 2.27 bits per heavy atom. The third kappa shape index (κ3) is 3.84. The highest BCUT2D eigenvalue weighted by Gasteiger charge is 2.15. The Bertz CT molecular complexity index is 307. The third-order valence-corrected chi connectivity index (χ3v) is 2.98. The molecule has 3 nitrogen and oxygen atoms in total. The second kappa shape index (κ2) is 4.99. The van der Waals surface area contributed by atoms with Gasteiger partial charge in [-0.1, -0.05) is 18.5 Å². The van der Waals surface area contributed by atoms with E-state index in [-0.39, 0.29) is 5.54 Å². The summed E-state index contributed by atoms with van der Waals surface area (Å²) in [6.45, 7) is 9.62. The molecule has 15 heavy (non-hydrogen) atoms. The van der Waals surface area contributed by atoms with Gasteiger partial charge < -0.3 is 5.32 Å². The van der Waals surface area contributed by atoms with E-state index >= 15 is 0 Å². The summed E-state index contributed by atoms with van der Waals surface area (Å²) in [6, 6.07) is 0.323. The Morgan fingerprint density at radius 3 is 2.73 bits per heavy atom. The molecule has 0 aliphatic carbocycles. The van der Waals surface area contributed by atoms with Crippen LogP contribution in [0.3, 0.4) is 0 Å².